The Morgan fingerprint density at radius 3 is 2.56 bits per heavy atom. The molecule has 0 saturated heterocycles. The number of nitrogens with zero attached hydrogens (tertiary/aromatic N) is 1. The molecule has 4 nitrogen and oxygen atoms in total. The van der Waals surface area contributed by atoms with E-state index >= 15 is 0 Å². The topological polar surface area (TPSA) is 59.4 Å². The van der Waals surface area contributed by atoms with Gasteiger partial charge in [-0.3, -0.25) is 0 Å². The second kappa shape index (κ2) is 5.74. The van der Waals surface area contributed by atoms with Gasteiger partial charge < -0.3 is 9.84 Å². The lowest BCUT2D eigenvalue weighted by molar-refractivity contribution is 0.0696. The zero-order chi connectivity index (χ0) is 17.6. The third-order valence-corrected chi connectivity index (χ3v) is 4.62. The molecule has 2 aromatic carbocycles. The van der Waals surface area contributed by atoms with Gasteiger partial charge >= 0.3 is 5.97 Å². The summed E-state index contributed by atoms with van der Waals surface area (Å²) >= 11 is 0. The minimum atomic E-state index is -0.919. The Bertz CT molecular complexity index is 991. The zero-order valence-corrected chi connectivity index (χ0v) is 14.0. The normalized spacial score (nSPS) is 11.8. The van der Waals surface area contributed by atoms with E-state index in [1.165, 1.54) is 5.56 Å². The molecule has 0 atom stereocenters. The molecule has 0 radical (unpaired) electrons. The van der Waals surface area contributed by atoms with Crippen molar-refractivity contribution in [2.24, 2.45) is 0 Å². The highest BCUT2D eigenvalue weighted by atomic mass is 16.5. The lowest BCUT2D eigenvalue weighted by Crippen LogP contribution is -2.04. The first kappa shape index (κ1) is 15.4. The molecule has 0 spiro atoms. The van der Waals surface area contributed by atoms with E-state index < -0.39 is 5.97 Å². The van der Waals surface area contributed by atoms with Crippen molar-refractivity contribution in [3.8, 4) is 28.3 Å². The third kappa shape index (κ3) is 2.56. The highest BCUT2D eigenvalue weighted by Crippen LogP contribution is 2.39. The Labute approximate surface area is 145 Å². The van der Waals surface area contributed by atoms with Gasteiger partial charge in [0.05, 0.1) is 24.1 Å². The van der Waals surface area contributed by atoms with Gasteiger partial charge in [0.1, 0.15) is 5.75 Å². The number of pyridine rings is 1. The molecule has 0 amide bonds. The number of carboxylic acid groups (broad SMARTS) is 1. The fourth-order valence-corrected chi connectivity index (χ4v) is 3.36. The Balaban J connectivity index is 1.91. The molecule has 0 unspecified atom stereocenters. The molecular formula is C21H17NO3. The number of aryl methyl sites for hydroxylation is 1. The van der Waals surface area contributed by atoms with Crippen molar-refractivity contribution in [2.75, 3.05) is 7.11 Å². The minimum Gasteiger partial charge on any atom is -0.497 e. The van der Waals surface area contributed by atoms with Crippen LogP contribution in [-0.2, 0) is 6.42 Å². The summed E-state index contributed by atoms with van der Waals surface area (Å²) in [5.74, 6) is -0.165. The molecule has 25 heavy (non-hydrogen) atoms. The van der Waals surface area contributed by atoms with Crippen molar-refractivity contribution in [1.29, 1.82) is 0 Å². The number of methoxy groups -OCH3 is 1. The van der Waals surface area contributed by atoms with Crippen molar-refractivity contribution >= 4 is 5.97 Å². The van der Waals surface area contributed by atoms with Crippen LogP contribution in [0.15, 0.2) is 48.5 Å². The lowest BCUT2D eigenvalue weighted by Gasteiger charge is -2.09. The van der Waals surface area contributed by atoms with E-state index in [2.05, 4.69) is 6.07 Å². The zero-order valence-electron chi connectivity index (χ0n) is 14.0. The van der Waals surface area contributed by atoms with Crippen molar-refractivity contribution in [2.45, 2.75) is 13.3 Å². The number of rotatable bonds is 3. The predicted molar refractivity (Wildman–Crippen MR) is 96.2 cm³/mol. The largest absolute Gasteiger partial charge is 0.497 e. The number of hydrogen-bond acceptors (Lipinski definition) is 3. The number of carbonyl (C=O) groups is 1. The van der Waals surface area contributed by atoms with Gasteiger partial charge in [-0.1, -0.05) is 23.8 Å². The Hall–Kier alpha value is -3.14. The van der Waals surface area contributed by atoms with Crippen LogP contribution in [0.25, 0.3) is 22.5 Å². The Kier molecular flexibility index (Phi) is 3.53. The average Bonchev–Trinajstić information content (AvgIpc) is 2.98. The maximum absolute atomic E-state index is 11.8. The summed E-state index contributed by atoms with van der Waals surface area (Å²) in [7, 11) is 1.62. The summed E-state index contributed by atoms with van der Waals surface area (Å²) in [6.07, 6.45) is 0.615. The molecule has 0 bridgehead atoms. The molecule has 4 heteroatoms. The van der Waals surface area contributed by atoms with Crippen LogP contribution in [0.2, 0.25) is 0 Å². The summed E-state index contributed by atoms with van der Waals surface area (Å²) in [6.45, 7) is 2.04. The van der Waals surface area contributed by atoms with Gasteiger partial charge in [0, 0.05) is 17.5 Å². The maximum atomic E-state index is 11.8. The summed E-state index contributed by atoms with van der Waals surface area (Å²) in [5, 5.41) is 9.69. The molecule has 1 aliphatic carbocycles. The van der Waals surface area contributed by atoms with Crippen LogP contribution in [-0.4, -0.2) is 23.2 Å². The first-order valence-corrected chi connectivity index (χ1v) is 8.08. The van der Waals surface area contributed by atoms with Crippen LogP contribution < -0.4 is 4.74 Å². The van der Waals surface area contributed by atoms with Crippen LogP contribution in [0.3, 0.4) is 0 Å². The van der Waals surface area contributed by atoms with E-state index in [0.29, 0.717) is 17.7 Å². The highest BCUT2D eigenvalue weighted by Gasteiger charge is 2.26. The number of ether oxygens (including phenoxy) is 1. The van der Waals surface area contributed by atoms with Crippen molar-refractivity contribution < 1.29 is 14.6 Å². The van der Waals surface area contributed by atoms with E-state index in [9.17, 15) is 9.90 Å². The highest BCUT2D eigenvalue weighted by molar-refractivity contribution is 5.95. The molecule has 124 valence electrons. The molecule has 1 aromatic heterocycles. The predicted octanol–water partition coefficient (Wildman–Crippen LogP) is 4.34. The number of fused-ring (bicyclic) bond motifs is 3. The third-order valence-electron chi connectivity index (χ3n) is 4.62. The van der Waals surface area contributed by atoms with Crippen LogP contribution in [0, 0.1) is 6.92 Å². The Morgan fingerprint density at radius 2 is 1.88 bits per heavy atom. The van der Waals surface area contributed by atoms with Gasteiger partial charge in [0.15, 0.2) is 0 Å². The molecule has 0 saturated carbocycles. The molecule has 1 heterocycles. The second-order valence-electron chi connectivity index (χ2n) is 6.25. The summed E-state index contributed by atoms with van der Waals surface area (Å²) in [4.78, 5) is 16.6. The smallest absolute Gasteiger partial charge is 0.336 e. The SMILES string of the molecule is COc1ccc(-c2cc(C(=O)O)c3c(n2)-c2ccc(C)cc2C3)cc1. The maximum Gasteiger partial charge on any atom is 0.336 e. The van der Waals surface area contributed by atoms with Gasteiger partial charge in [0.2, 0.25) is 0 Å². The van der Waals surface area contributed by atoms with Crippen LogP contribution >= 0.6 is 0 Å². The quantitative estimate of drug-likeness (QED) is 0.607. The number of aromatic carboxylic acids is 1. The average molecular weight is 331 g/mol. The van der Waals surface area contributed by atoms with Gasteiger partial charge in [-0.05, 0) is 48.4 Å². The lowest BCUT2D eigenvalue weighted by atomic mass is 10.0. The van der Waals surface area contributed by atoms with Crippen molar-refractivity contribution in [1.82, 2.24) is 4.98 Å². The fraction of sp³-hybridized carbons (Fsp3) is 0.143. The van der Waals surface area contributed by atoms with Crippen molar-refractivity contribution in [3.63, 3.8) is 0 Å². The standard InChI is InChI=1S/C21H17NO3/c1-12-3-8-16-14(9-12)10-17-18(21(23)24)11-19(22-20(16)17)13-4-6-15(25-2)7-5-13/h3-9,11H,10H2,1-2H3,(H,23,24). The van der Waals surface area contributed by atoms with Crippen LogP contribution in [0.5, 0.6) is 5.75 Å². The molecular weight excluding hydrogens is 314 g/mol. The molecule has 1 N–H and O–H groups in total. The Morgan fingerprint density at radius 1 is 1.12 bits per heavy atom. The molecule has 0 fully saturated rings. The van der Waals surface area contributed by atoms with Crippen LogP contribution in [0.1, 0.15) is 27.0 Å². The fourth-order valence-electron chi connectivity index (χ4n) is 3.36. The van der Waals surface area contributed by atoms with Gasteiger partial charge in [0.25, 0.3) is 0 Å². The monoisotopic (exact) mass is 331 g/mol. The van der Waals surface area contributed by atoms with E-state index in [1.54, 1.807) is 13.2 Å². The van der Waals surface area contributed by atoms with Gasteiger partial charge in [-0.2, -0.15) is 0 Å². The number of benzene rings is 2. The minimum absolute atomic E-state index is 0.324. The first-order valence-electron chi connectivity index (χ1n) is 8.08. The van der Waals surface area contributed by atoms with Gasteiger partial charge in [-0.15, -0.1) is 0 Å². The van der Waals surface area contributed by atoms with E-state index in [0.717, 1.165) is 33.7 Å². The first-order chi connectivity index (χ1) is 12.1. The van der Waals surface area contributed by atoms with E-state index in [1.807, 2.05) is 43.3 Å². The van der Waals surface area contributed by atoms with E-state index in [4.69, 9.17) is 9.72 Å². The number of hydrogen-bond donors (Lipinski definition) is 1. The van der Waals surface area contributed by atoms with E-state index in [-0.39, 0.29) is 0 Å². The summed E-state index contributed by atoms with van der Waals surface area (Å²) in [6, 6.07) is 15.3. The number of aromatic nitrogens is 1. The molecule has 1 aliphatic rings. The summed E-state index contributed by atoms with van der Waals surface area (Å²) in [5.41, 5.74) is 6.75. The molecule has 3 aromatic rings. The number of carboxylic acids is 1. The van der Waals surface area contributed by atoms with Gasteiger partial charge in [-0.25, -0.2) is 9.78 Å². The molecule has 0 aliphatic heterocycles. The van der Waals surface area contributed by atoms with Crippen LogP contribution in [0.4, 0.5) is 0 Å². The second-order valence-corrected chi connectivity index (χ2v) is 6.25. The molecule has 4 rings (SSSR count). The summed E-state index contributed by atoms with van der Waals surface area (Å²) < 4.78 is 5.18. The van der Waals surface area contributed by atoms with Crippen molar-refractivity contribution in [3.05, 3.63) is 70.8 Å².